The molecule has 0 aliphatic carbocycles. The van der Waals surface area contributed by atoms with Gasteiger partial charge in [-0.2, -0.15) is 10.4 Å². The maximum Gasteiger partial charge on any atom is 0.313 e. The second-order valence-electron chi connectivity index (χ2n) is 4.16. The van der Waals surface area contributed by atoms with Gasteiger partial charge in [-0.3, -0.25) is 4.79 Å². The highest BCUT2D eigenvalue weighted by Crippen LogP contribution is 2.24. The van der Waals surface area contributed by atoms with Gasteiger partial charge >= 0.3 is 5.97 Å². The van der Waals surface area contributed by atoms with E-state index in [-0.39, 0.29) is 5.75 Å². The fourth-order valence-electron chi connectivity index (χ4n) is 1.76. The van der Waals surface area contributed by atoms with Crippen LogP contribution in [0.5, 0.6) is 0 Å². The number of carboxylic acids is 1. The second kappa shape index (κ2) is 6.92. The number of hydrogen-bond acceptors (Lipinski definition) is 5. The first kappa shape index (κ1) is 15.1. The Morgan fingerprint density at radius 1 is 1.52 bits per heavy atom. The topological polar surface area (TPSA) is 88.1 Å². The Morgan fingerprint density at radius 3 is 3.00 bits per heavy atom. The molecule has 0 saturated carbocycles. The standard InChI is InChI=1S/C14H13N3O3S/c1-20-8-11-6-13(21-9-14(18)19)17(16-11)12-4-2-3-10(5-12)7-15/h2-6H,8-9H2,1H3,(H,18,19). The average molecular weight is 303 g/mol. The van der Waals surface area contributed by atoms with Crippen molar-refractivity contribution >= 4 is 17.7 Å². The molecule has 108 valence electrons. The van der Waals surface area contributed by atoms with Gasteiger partial charge in [0.25, 0.3) is 0 Å². The van der Waals surface area contributed by atoms with Gasteiger partial charge in [0.1, 0.15) is 5.03 Å². The van der Waals surface area contributed by atoms with E-state index in [0.717, 1.165) is 0 Å². The molecule has 0 amide bonds. The monoisotopic (exact) mass is 303 g/mol. The minimum atomic E-state index is -0.896. The third-order valence-corrected chi connectivity index (χ3v) is 3.56. The molecule has 0 aliphatic heterocycles. The first-order valence-corrected chi connectivity index (χ1v) is 7.05. The van der Waals surface area contributed by atoms with E-state index in [0.29, 0.717) is 28.6 Å². The minimum Gasteiger partial charge on any atom is -0.481 e. The average Bonchev–Trinajstić information content (AvgIpc) is 2.88. The summed E-state index contributed by atoms with van der Waals surface area (Å²) in [7, 11) is 1.57. The molecule has 1 N–H and O–H groups in total. The predicted octanol–water partition coefficient (Wildman–Crippen LogP) is 2.07. The number of carboxylic acid groups (broad SMARTS) is 1. The zero-order valence-electron chi connectivity index (χ0n) is 11.3. The molecule has 0 saturated heterocycles. The van der Waals surface area contributed by atoms with Crippen molar-refractivity contribution in [3.63, 3.8) is 0 Å². The third kappa shape index (κ3) is 3.84. The summed E-state index contributed by atoms with van der Waals surface area (Å²) in [6, 6.07) is 10.8. The van der Waals surface area contributed by atoms with Gasteiger partial charge in [0, 0.05) is 7.11 Å². The summed E-state index contributed by atoms with van der Waals surface area (Å²) in [5.41, 5.74) is 1.93. The highest BCUT2D eigenvalue weighted by atomic mass is 32.2. The van der Waals surface area contributed by atoms with Crippen molar-refractivity contribution in [1.29, 1.82) is 5.26 Å². The lowest BCUT2D eigenvalue weighted by molar-refractivity contribution is -0.133. The summed E-state index contributed by atoms with van der Waals surface area (Å²) in [5.74, 6) is -0.956. The molecule has 2 rings (SSSR count). The first-order valence-electron chi connectivity index (χ1n) is 6.07. The zero-order chi connectivity index (χ0) is 15.2. The van der Waals surface area contributed by atoms with Gasteiger partial charge < -0.3 is 9.84 Å². The maximum absolute atomic E-state index is 10.7. The molecule has 1 aromatic carbocycles. The number of thioether (sulfide) groups is 1. The number of hydrogen-bond donors (Lipinski definition) is 1. The fourth-order valence-corrected chi connectivity index (χ4v) is 2.52. The highest BCUT2D eigenvalue weighted by Gasteiger charge is 2.12. The zero-order valence-corrected chi connectivity index (χ0v) is 12.1. The van der Waals surface area contributed by atoms with Crippen LogP contribution in [0.2, 0.25) is 0 Å². The molecule has 0 atom stereocenters. The molecule has 1 aromatic heterocycles. The Balaban J connectivity index is 2.39. The maximum atomic E-state index is 10.7. The van der Waals surface area contributed by atoms with E-state index in [1.807, 2.05) is 6.07 Å². The van der Waals surface area contributed by atoms with Crippen LogP contribution in [0.25, 0.3) is 5.69 Å². The molecular formula is C14H13N3O3S. The van der Waals surface area contributed by atoms with Crippen LogP contribution in [-0.2, 0) is 16.1 Å². The number of rotatable bonds is 6. The van der Waals surface area contributed by atoms with Gasteiger partial charge in [-0.25, -0.2) is 4.68 Å². The van der Waals surface area contributed by atoms with Crippen LogP contribution >= 0.6 is 11.8 Å². The van der Waals surface area contributed by atoms with Crippen LogP contribution in [0.3, 0.4) is 0 Å². The largest absolute Gasteiger partial charge is 0.481 e. The van der Waals surface area contributed by atoms with E-state index in [4.69, 9.17) is 15.1 Å². The number of aliphatic carboxylic acids is 1. The van der Waals surface area contributed by atoms with Gasteiger partial charge in [-0.1, -0.05) is 17.8 Å². The number of ether oxygens (including phenoxy) is 1. The van der Waals surface area contributed by atoms with Gasteiger partial charge in [0.2, 0.25) is 0 Å². The molecule has 2 aromatic rings. The van der Waals surface area contributed by atoms with E-state index < -0.39 is 5.97 Å². The Bertz CT molecular complexity index is 691. The smallest absolute Gasteiger partial charge is 0.313 e. The first-order chi connectivity index (χ1) is 10.1. The highest BCUT2D eigenvalue weighted by molar-refractivity contribution is 7.99. The van der Waals surface area contributed by atoms with Gasteiger partial charge in [0.15, 0.2) is 0 Å². The van der Waals surface area contributed by atoms with E-state index in [9.17, 15) is 4.79 Å². The van der Waals surface area contributed by atoms with Crippen molar-refractivity contribution in [3.05, 3.63) is 41.6 Å². The van der Waals surface area contributed by atoms with E-state index >= 15 is 0 Å². The van der Waals surface area contributed by atoms with Gasteiger partial charge in [-0.05, 0) is 24.3 Å². The molecular weight excluding hydrogens is 290 g/mol. The molecule has 0 radical (unpaired) electrons. The van der Waals surface area contributed by atoms with Crippen molar-refractivity contribution in [2.24, 2.45) is 0 Å². The number of nitrogens with zero attached hydrogens (tertiary/aromatic N) is 3. The number of nitriles is 1. The Labute approximate surface area is 126 Å². The Morgan fingerprint density at radius 2 is 2.33 bits per heavy atom. The minimum absolute atomic E-state index is 0.0595. The van der Waals surface area contributed by atoms with Crippen molar-refractivity contribution in [2.75, 3.05) is 12.9 Å². The molecule has 7 heteroatoms. The van der Waals surface area contributed by atoms with Crippen molar-refractivity contribution in [1.82, 2.24) is 9.78 Å². The summed E-state index contributed by atoms with van der Waals surface area (Å²) in [6.45, 7) is 0.339. The molecule has 6 nitrogen and oxygen atoms in total. The molecule has 21 heavy (non-hydrogen) atoms. The van der Waals surface area contributed by atoms with Crippen LogP contribution in [0.4, 0.5) is 0 Å². The van der Waals surface area contributed by atoms with Gasteiger partial charge in [-0.15, -0.1) is 0 Å². The van der Waals surface area contributed by atoms with Crippen LogP contribution in [0.1, 0.15) is 11.3 Å². The summed E-state index contributed by atoms with van der Waals surface area (Å²) < 4.78 is 6.68. The Kier molecular flexibility index (Phi) is 4.98. The lowest BCUT2D eigenvalue weighted by Gasteiger charge is -2.06. The summed E-state index contributed by atoms with van der Waals surface area (Å²) in [6.07, 6.45) is 0. The van der Waals surface area contributed by atoms with Crippen molar-refractivity contribution in [2.45, 2.75) is 11.6 Å². The normalized spacial score (nSPS) is 10.3. The predicted molar refractivity (Wildman–Crippen MR) is 77.4 cm³/mol. The summed E-state index contributed by atoms with van der Waals surface area (Å²) in [4.78, 5) is 10.7. The van der Waals surface area contributed by atoms with Crippen LogP contribution in [0.15, 0.2) is 35.4 Å². The summed E-state index contributed by atoms with van der Waals surface area (Å²) in [5, 5.41) is 22.9. The molecule has 0 unspecified atom stereocenters. The number of aromatic nitrogens is 2. The SMILES string of the molecule is COCc1cc(SCC(=O)O)n(-c2cccc(C#N)c2)n1. The third-order valence-electron chi connectivity index (χ3n) is 2.58. The van der Waals surface area contributed by atoms with E-state index in [1.165, 1.54) is 11.8 Å². The van der Waals surface area contributed by atoms with E-state index in [2.05, 4.69) is 11.2 Å². The summed E-state index contributed by atoms with van der Waals surface area (Å²) >= 11 is 1.17. The van der Waals surface area contributed by atoms with Gasteiger partial charge in [0.05, 0.1) is 35.4 Å². The van der Waals surface area contributed by atoms with E-state index in [1.54, 1.807) is 36.1 Å². The number of benzene rings is 1. The fraction of sp³-hybridized carbons (Fsp3) is 0.214. The lowest BCUT2D eigenvalue weighted by Crippen LogP contribution is -2.03. The van der Waals surface area contributed by atoms with Crippen molar-refractivity contribution < 1.29 is 14.6 Å². The molecule has 0 spiro atoms. The van der Waals surface area contributed by atoms with Crippen molar-refractivity contribution in [3.8, 4) is 11.8 Å². The quantitative estimate of drug-likeness (QED) is 0.822. The molecule has 0 fully saturated rings. The molecule has 1 heterocycles. The number of carbonyl (C=O) groups is 1. The number of methoxy groups -OCH3 is 1. The Hall–Kier alpha value is -2.30. The molecule has 0 bridgehead atoms. The lowest BCUT2D eigenvalue weighted by atomic mass is 10.2. The molecule has 0 aliphatic rings. The van der Waals surface area contributed by atoms with Crippen LogP contribution in [-0.4, -0.2) is 33.7 Å². The van der Waals surface area contributed by atoms with Crippen LogP contribution < -0.4 is 0 Å². The second-order valence-corrected chi connectivity index (χ2v) is 5.16. The van der Waals surface area contributed by atoms with Crippen LogP contribution in [0, 0.1) is 11.3 Å².